The van der Waals surface area contributed by atoms with Gasteiger partial charge in [-0.05, 0) is 37.5 Å². The zero-order valence-corrected chi connectivity index (χ0v) is 13.1. The lowest BCUT2D eigenvalue weighted by Gasteiger charge is -2.27. The molecule has 21 heavy (non-hydrogen) atoms. The Kier molecular flexibility index (Phi) is 4.80. The molecular weight excluding hydrogens is 266 g/mol. The van der Waals surface area contributed by atoms with E-state index in [0.29, 0.717) is 0 Å². The van der Waals surface area contributed by atoms with E-state index in [1.807, 2.05) is 0 Å². The van der Waals surface area contributed by atoms with Gasteiger partial charge in [-0.2, -0.15) is 0 Å². The highest BCUT2D eigenvalue weighted by molar-refractivity contribution is 5.68. The molecule has 1 unspecified atom stereocenters. The van der Waals surface area contributed by atoms with Crippen LogP contribution < -0.4 is 5.32 Å². The predicted octanol–water partition coefficient (Wildman–Crippen LogP) is 3.05. The maximum atomic E-state index is 11.1. The Labute approximate surface area is 126 Å². The van der Waals surface area contributed by atoms with Crippen molar-refractivity contribution < 1.29 is 9.90 Å². The standard InChI is InChI=1S/C16H25N3O2/c1-16(2,3)9-11(8-14(20)21)19-15-12-6-4-5-7-13(12)17-10-18-15/h10-11H,4-9H2,1-3H3,(H,20,21)(H,17,18,19). The highest BCUT2D eigenvalue weighted by Gasteiger charge is 2.23. The van der Waals surface area contributed by atoms with E-state index in [4.69, 9.17) is 5.11 Å². The highest BCUT2D eigenvalue weighted by Crippen LogP contribution is 2.28. The molecule has 0 amide bonds. The minimum absolute atomic E-state index is 0.0697. The summed E-state index contributed by atoms with van der Waals surface area (Å²) in [6, 6.07) is -0.108. The number of carboxylic acid groups (broad SMARTS) is 1. The van der Waals surface area contributed by atoms with Gasteiger partial charge in [0, 0.05) is 17.3 Å². The number of aromatic nitrogens is 2. The average molecular weight is 291 g/mol. The van der Waals surface area contributed by atoms with Crippen LogP contribution in [0.25, 0.3) is 0 Å². The molecule has 5 heteroatoms. The van der Waals surface area contributed by atoms with Crippen molar-refractivity contribution in [2.24, 2.45) is 5.41 Å². The van der Waals surface area contributed by atoms with E-state index in [1.54, 1.807) is 6.33 Å². The zero-order chi connectivity index (χ0) is 15.5. The van der Waals surface area contributed by atoms with Crippen molar-refractivity contribution in [3.05, 3.63) is 17.6 Å². The molecule has 1 aromatic heterocycles. The molecular formula is C16H25N3O2. The first-order valence-corrected chi connectivity index (χ1v) is 7.66. The van der Waals surface area contributed by atoms with Gasteiger partial charge in [0.2, 0.25) is 0 Å². The van der Waals surface area contributed by atoms with Gasteiger partial charge in [-0.1, -0.05) is 20.8 Å². The minimum atomic E-state index is -0.778. The molecule has 1 aliphatic rings. The second-order valence-electron chi connectivity index (χ2n) is 7.06. The van der Waals surface area contributed by atoms with Crippen LogP contribution in [0.15, 0.2) is 6.33 Å². The summed E-state index contributed by atoms with van der Waals surface area (Å²) in [7, 11) is 0. The molecule has 0 spiro atoms. The fraction of sp³-hybridized carbons (Fsp3) is 0.688. The Morgan fingerprint density at radius 3 is 2.71 bits per heavy atom. The fourth-order valence-electron chi connectivity index (χ4n) is 2.96. The van der Waals surface area contributed by atoms with Gasteiger partial charge in [0.15, 0.2) is 0 Å². The molecule has 1 aliphatic carbocycles. The summed E-state index contributed by atoms with van der Waals surface area (Å²) in [5.74, 6) is 0.0508. The topological polar surface area (TPSA) is 75.1 Å². The van der Waals surface area contributed by atoms with E-state index in [9.17, 15) is 4.79 Å². The lowest BCUT2D eigenvalue weighted by molar-refractivity contribution is -0.137. The number of hydrogen-bond donors (Lipinski definition) is 2. The van der Waals surface area contributed by atoms with Crippen LogP contribution in [0, 0.1) is 5.41 Å². The number of aryl methyl sites for hydroxylation is 1. The Morgan fingerprint density at radius 2 is 2.05 bits per heavy atom. The number of fused-ring (bicyclic) bond motifs is 1. The van der Waals surface area contributed by atoms with Gasteiger partial charge in [0.1, 0.15) is 12.1 Å². The summed E-state index contributed by atoms with van der Waals surface area (Å²) < 4.78 is 0. The van der Waals surface area contributed by atoms with E-state index in [2.05, 4.69) is 36.1 Å². The summed E-state index contributed by atoms with van der Waals surface area (Å²) in [6.07, 6.45) is 6.78. The lowest BCUT2D eigenvalue weighted by atomic mass is 9.86. The summed E-state index contributed by atoms with van der Waals surface area (Å²) in [5.41, 5.74) is 2.36. The number of aliphatic carboxylic acids is 1. The normalized spacial score (nSPS) is 16.1. The van der Waals surface area contributed by atoms with Crippen LogP contribution in [-0.2, 0) is 17.6 Å². The molecule has 0 saturated carbocycles. The molecule has 1 aromatic rings. The van der Waals surface area contributed by atoms with E-state index in [1.165, 1.54) is 12.0 Å². The van der Waals surface area contributed by atoms with Gasteiger partial charge in [0.05, 0.1) is 6.42 Å². The van der Waals surface area contributed by atoms with Gasteiger partial charge in [-0.25, -0.2) is 9.97 Å². The average Bonchev–Trinajstić information content (AvgIpc) is 2.36. The zero-order valence-electron chi connectivity index (χ0n) is 13.1. The summed E-state index contributed by atoms with van der Waals surface area (Å²) in [6.45, 7) is 6.37. The van der Waals surface area contributed by atoms with E-state index < -0.39 is 5.97 Å². The quantitative estimate of drug-likeness (QED) is 0.872. The summed E-state index contributed by atoms with van der Waals surface area (Å²) in [5, 5.41) is 12.5. The van der Waals surface area contributed by atoms with E-state index in [-0.39, 0.29) is 17.9 Å². The van der Waals surface area contributed by atoms with E-state index in [0.717, 1.165) is 37.2 Å². The lowest BCUT2D eigenvalue weighted by Crippen LogP contribution is -2.29. The maximum Gasteiger partial charge on any atom is 0.305 e. The Bertz CT molecular complexity index is 509. The first-order valence-electron chi connectivity index (χ1n) is 7.66. The number of nitrogens with one attached hydrogen (secondary N) is 1. The Hall–Kier alpha value is -1.65. The number of anilines is 1. The first kappa shape index (κ1) is 15.7. The van der Waals surface area contributed by atoms with E-state index >= 15 is 0 Å². The Balaban J connectivity index is 2.18. The number of carboxylic acids is 1. The minimum Gasteiger partial charge on any atom is -0.481 e. The smallest absolute Gasteiger partial charge is 0.305 e. The Morgan fingerprint density at radius 1 is 1.33 bits per heavy atom. The van der Waals surface area contributed by atoms with Gasteiger partial charge in [-0.15, -0.1) is 0 Å². The van der Waals surface area contributed by atoms with Crippen molar-refractivity contribution in [3.63, 3.8) is 0 Å². The van der Waals surface area contributed by atoms with Crippen molar-refractivity contribution in [2.45, 2.75) is 65.3 Å². The number of nitrogens with zero attached hydrogens (tertiary/aromatic N) is 2. The molecule has 1 atom stereocenters. The van der Waals surface area contributed by atoms with Crippen molar-refractivity contribution in [1.29, 1.82) is 0 Å². The van der Waals surface area contributed by atoms with Crippen molar-refractivity contribution in [1.82, 2.24) is 9.97 Å². The maximum absolute atomic E-state index is 11.1. The summed E-state index contributed by atoms with van der Waals surface area (Å²) >= 11 is 0. The summed E-state index contributed by atoms with van der Waals surface area (Å²) in [4.78, 5) is 19.8. The number of carbonyl (C=O) groups is 1. The van der Waals surface area contributed by atoms with Crippen LogP contribution in [-0.4, -0.2) is 27.1 Å². The molecule has 116 valence electrons. The van der Waals surface area contributed by atoms with Crippen molar-refractivity contribution >= 4 is 11.8 Å². The van der Waals surface area contributed by atoms with Gasteiger partial charge in [0.25, 0.3) is 0 Å². The molecule has 2 N–H and O–H groups in total. The molecule has 0 saturated heterocycles. The largest absolute Gasteiger partial charge is 0.481 e. The van der Waals surface area contributed by atoms with Crippen LogP contribution in [0.2, 0.25) is 0 Å². The predicted molar refractivity (Wildman–Crippen MR) is 82.4 cm³/mol. The van der Waals surface area contributed by atoms with Crippen LogP contribution in [0.3, 0.4) is 0 Å². The van der Waals surface area contributed by atoms with Crippen molar-refractivity contribution in [3.8, 4) is 0 Å². The van der Waals surface area contributed by atoms with Crippen molar-refractivity contribution in [2.75, 3.05) is 5.32 Å². The number of rotatable bonds is 5. The molecule has 0 aliphatic heterocycles. The first-order chi connectivity index (χ1) is 9.85. The molecule has 2 rings (SSSR count). The number of hydrogen-bond acceptors (Lipinski definition) is 4. The van der Waals surface area contributed by atoms with Gasteiger partial charge in [-0.3, -0.25) is 4.79 Å². The molecule has 5 nitrogen and oxygen atoms in total. The van der Waals surface area contributed by atoms with Crippen LogP contribution >= 0.6 is 0 Å². The molecule has 0 aromatic carbocycles. The second-order valence-corrected chi connectivity index (χ2v) is 7.06. The molecule has 0 radical (unpaired) electrons. The van der Waals surface area contributed by atoms with Crippen LogP contribution in [0.5, 0.6) is 0 Å². The van der Waals surface area contributed by atoms with Crippen LogP contribution in [0.1, 0.15) is 57.7 Å². The van der Waals surface area contributed by atoms with Gasteiger partial charge >= 0.3 is 5.97 Å². The molecule has 0 fully saturated rings. The molecule has 1 heterocycles. The second kappa shape index (κ2) is 6.41. The SMILES string of the molecule is CC(C)(C)CC(CC(=O)O)Nc1ncnc2c1CCCC2. The van der Waals surface area contributed by atoms with Crippen LogP contribution in [0.4, 0.5) is 5.82 Å². The third kappa shape index (κ3) is 4.69. The molecule has 0 bridgehead atoms. The van der Waals surface area contributed by atoms with Gasteiger partial charge < -0.3 is 10.4 Å². The highest BCUT2D eigenvalue weighted by atomic mass is 16.4. The monoisotopic (exact) mass is 291 g/mol. The third-order valence-electron chi connectivity index (χ3n) is 3.75. The third-order valence-corrected chi connectivity index (χ3v) is 3.75. The fourth-order valence-corrected chi connectivity index (χ4v) is 2.96.